The van der Waals surface area contributed by atoms with Crippen LogP contribution in [0.2, 0.25) is 0 Å². The minimum atomic E-state index is -0.0746. The Hall–Kier alpha value is -1.88. The van der Waals surface area contributed by atoms with E-state index in [1.54, 1.807) is 25.6 Å². The Bertz CT molecular complexity index is 536. The average molecular weight is 247 g/mol. The SMILES string of the molecule is COCC(C)CNC(=O)c1ccc2nc[nH]c2c1. The molecule has 1 amide bonds. The summed E-state index contributed by atoms with van der Waals surface area (Å²) in [5.74, 6) is 0.226. The number of aromatic amines is 1. The van der Waals surface area contributed by atoms with Crippen molar-refractivity contribution in [2.24, 2.45) is 5.92 Å². The zero-order valence-electron chi connectivity index (χ0n) is 10.6. The number of amides is 1. The third kappa shape index (κ3) is 2.87. The highest BCUT2D eigenvalue weighted by Crippen LogP contribution is 2.11. The highest BCUT2D eigenvalue weighted by atomic mass is 16.5. The maximum absolute atomic E-state index is 11.9. The molecule has 0 radical (unpaired) electrons. The Morgan fingerprint density at radius 3 is 3.17 bits per heavy atom. The van der Waals surface area contributed by atoms with Crippen LogP contribution >= 0.6 is 0 Å². The first-order valence-corrected chi connectivity index (χ1v) is 5.91. The van der Waals surface area contributed by atoms with E-state index in [0.29, 0.717) is 24.6 Å². The van der Waals surface area contributed by atoms with E-state index in [4.69, 9.17) is 4.74 Å². The van der Waals surface area contributed by atoms with Crippen LogP contribution in [0.3, 0.4) is 0 Å². The second kappa shape index (κ2) is 5.64. The van der Waals surface area contributed by atoms with Gasteiger partial charge in [-0.2, -0.15) is 0 Å². The third-order valence-corrected chi connectivity index (χ3v) is 2.74. The van der Waals surface area contributed by atoms with Crippen molar-refractivity contribution in [2.75, 3.05) is 20.3 Å². The lowest BCUT2D eigenvalue weighted by molar-refractivity contribution is 0.0934. The molecule has 1 aromatic carbocycles. The van der Waals surface area contributed by atoms with E-state index in [1.165, 1.54) is 0 Å². The number of imidazole rings is 1. The van der Waals surface area contributed by atoms with Crippen molar-refractivity contribution in [3.8, 4) is 0 Å². The van der Waals surface area contributed by atoms with Crippen LogP contribution in [0.15, 0.2) is 24.5 Å². The first-order chi connectivity index (χ1) is 8.70. The Morgan fingerprint density at radius 2 is 2.39 bits per heavy atom. The molecule has 5 heteroatoms. The van der Waals surface area contributed by atoms with Gasteiger partial charge in [-0.25, -0.2) is 4.98 Å². The number of nitrogens with zero attached hydrogens (tertiary/aromatic N) is 1. The molecule has 2 rings (SSSR count). The Morgan fingerprint density at radius 1 is 1.56 bits per heavy atom. The summed E-state index contributed by atoms with van der Waals surface area (Å²) in [6.07, 6.45) is 1.62. The predicted molar refractivity (Wildman–Crippen MR) is 69.5 cm³/mol. The van der Waals surface area contributed by atoms with Crippen LogP contribution in [0, 0.1) is 5.92 Å². The Balaban J connectivity index is 1.99. The van der Waals surface area contributed by atoms with E-state index in [0.717, 1.165) is 11.0 Å². The van der Waals surface area contributed by atoms with E-state index < -0.39 is 0 Å². The number of aromatic nitrogens is 2. The molecule has 1 heterocycles. The molecule has 0 spiro atoms. The fourth-order valence-electron chi connectivity index (χ4n) is 1.79. The molecule has 5 nitrogen and oxygen atoms in total. The van der Waals surface area contributed by atoms with E-state index in [9.17, 15) is 4.79 Å². The molecule has 1 unspecified atom stereocenters. The van der Waals surface area contributed by atoms with Gasteiger partial charge in [0.2, 0.25) is 0 Å². The summed E-state index contributed by atoms with van der Waals surface area (Å²) in [5.41, 5.74) is 2.36. The van der Waals surface area contributed by atoms with Crippen molar-refractivity contribution in [1.82, 2.24) is 15.3 Å². The van der Waals surface area contributed by atoms with E-state index in [-0.39, 0.29) is 5.91 Å². The minimum Gasteiger partial charge on any atom is -0.384 e. The molecule has 0 aliphatic carbocycles. The fraction of sp³-hybridized carbons (Fsp3) is 0.385. The molecule has 96 valence electrons. The molecule has 1 aromatic heterocycles. The third-order valence-electron chi connectivity index (χ3n) is 2.74. The van der Waals surface area contributed by atoms with Crippen LogP contribution in [0.4, 0.5) is 0 Å². The minimum absolute atomic E-state index is 0.0746. The monoisotopic (exact) mass is 247 g/mol. The molecular weight excluding hydrogens is 230 g/mol. The lowest BCUT2D eigenvalue weighted by Crippen LogP contribution is -2.29. The maximum Gasteiger partial charge on any atom is 0.251 e. The molecule has 2 N–H and O–H groups in total. The van der Waals surface area contributed by atoms with Gasteiger partial charge in [0.1, 0.15) is 0 Å². The average Bonchev–Trinajstić information content (AvgIpc) is 2.83. The molecule has 0 fully saturated rings. The van der Waals surface area contributed by atoms with Gasteiger partial charge in [0.25, 0.3) is 5.91 Å². The molecule has 0 aliphatic rings. The van der Waals surface area contributed by atoms with Gasteiger partial charge in [-0.15, -0.1) is 0 Å². The molecule has 18 heavy (non-hydrogen) atoms. The Labute approximate surface area is 106 Å². The van der Waals surface area contributed by atoms with Crippen molar-refractivity contribution >= 4 is 16.9 Å². The van der Waals surface area contributed by atoms with E-state index in [2.05, 4.69) is 15.3 Å². The molecule has 0 saturated carbocycles. The van der Waals surface area contributed by atoms with Crippen LogP contribution in [-0.4, -0.2) is 36.1 Å². The van der Waals surface area contributed by atoms with Gasteiger partial charge >= 0.3 is 0 Å². The van der Waals surface area contributed by atoms with E-state index >= 15 is 0 Å². The number of nitrogens with one attached hydrogen (secondary N) is 2. The summed E-state index contributed by atoms with van der Waals surface area (Å²) in [6.45, 7) is 3.27. The lowest BCUT2D eigenvalue weighted by Gasteiger charge is -2.11. The summed E-state index contributed by atoms with van der Waals surface area (Å²) in [5, 5.41) is 2.89. The normalized spacial score (nSPS) is 12.6. The molecule has 2 aromatic rings. The number of fused-ring (bicyclic) bond motifs is 1. The summed E-state index contributed by atoms with van der Waals surface area (Å²) < 4.78 is 5.02. The molecule has 0 bridgehead atoms. The summed E-state index contributed by atoms with van der Waals surface area (Å²) in [7, 11) is 1.66. The number of carbonyl (C=O) groups excluding carboxylic acids is 1. The molecule has 0 aliphatic heterocycles. The van der Waals surface area contributed by atoms with Crippen molar-refractivity contribution in [2.45, 2.75) is 6.92 Å². The molecular formula is C13H17N3O2. The van der Waals surface area contributed by atoms with Crippen LogP contribution in [0.5, 0.6) is 0 Å². The van der Waals surface area contributed by atoms with Crippen LogP contribution in [0.1, 0.15) is 17.3 Å². The number of ether oxygens (including phenoxy) is 1. The quantitative estimate of drug-likeness (QED) is 0.842. The summed E-state index contributed by atoms with van der Waals surface area (Å²) in [6, 6.07) is 5.41. The Kier molecular flexibility index (Phi) is 3.94. The highest BCUT2D eigenvalue weighted by Gasteiger charge is 2.09. The van der Waals surface area contributed by atoms with Gasteiger partial charge < -0.3 is 15.0 Å². The number of H-pyrrole nitrogens is 1. The first kappa shape index (κ1) is 12.6. The second-order valence-electron chi connectivity index (χ2n) is 4.41. The van der Waals surface area contributed by atoms with Gasteiger partial charge in [0.15, 0.2) is 0 Å². The number of carbonyl (C=O) groups is 1. The fourth-order valence-corrected chi connectivity index (χ4v) is 1.79. The van der Waals surface area contributed by atoms with Crippen molar-refractivity contribution in [3.05, 3.63) is 30.1 Å². The van der Waals surface area contributed by atoms with Gasteiger partial charge in [-0.3, -0.25) is 4.79 Å². The van der Waals surface area contributed by atoms with Crippen LogP contribution in [0.25, 0.3) is 11.0 Å². The molecule has 1 atom stereocenters. The summed E-state index contributed by atoms with van der Waals surface area (Å²) >= 11 is 0. The van der Waals surface area contributed by atoms with Crippen LogP contribution < -0.4 is 5.32 Å². The number of methoxy groups -OCH3 is 1. The molecule has 0 saturated heterocycles. The van der Waals surface area contributed by atoms with Gasteiger partial charge in [0.05, 0.1) is 24.0 Å². The lowest BCUT2D eigenvalue weighted by atomic mass is 10.1. The topological polar surface area (TPSA) is 67.0 Å². The van der Waals surface area contributed by atoms with Crippen molar-refractivity contribution in [1.29, 1.82) is 0 Å². The first-order valence-electron chi connectivity index (χ1n) is 5.91. The zero-order chi connectivity index (χ0) is 13.0. The van der Waals surface area contributed by atoms with Gasteiger partial charge in [0, 0.05) is 19.2 Å². The maximum atomic E-state index is 11.9. The summed E-state index contributed by atoms with van der Waals surface area (Å²) in [4.78, 5) is 19.0. The number of hydrogen-bond donors (Lipinski definition) is 2. The second-order valence-corrected chi connectivity index (χ2v) is 4.41. The highest BCUT2D eigenvalue weighted by molar-refractivity contribution is 5.97. The van der Waals surface area contributed by atoms with Crippen molar-refractivity contribution in [3.63, 3.8) is 0 Å². The van der Waals surface area contributed by atoms with Gasteiger partial charge in [-0.1, -0.05) is 6.92 Å². The van der Waals surface area contributed by atoms with Crippen molar-refractivity contribution < 1.29 is 9.53 Å². The van der Waals surface area contributed by atoms with Gasteiger partial charge in [-0.05, 0) is 24.1 Å². The van der Waals surface area contributed by atoms with Crippen LogP contribution in [-0.2, 0) is 4.74 Å². The number of benzene rings is 1. The largest absolute Gasteiger partial charge is 0.384 e. The predicted octanol–water partition coefficient (Wildman–Crippen LogP) is 1.58. The van der Waals surface area contributed by atoms with E-state index in [1.807, 2.05) is 13.0 Å². The number of hydrogen-bond acceptors (Lipinski definition) is 3. The smallest absolute Gasteiger partial charge is 0.251 e. The number of rotatable bonds is 5. The standard InChI is InChI=1S/C13H17N3O2/c1-9(7-18-2)6-14-13(17)10-3-4-11-12(5-10)16-8-15-11/h3-5,8-9H,6-7H2,1-2H3,(H,14,17)(H,15,16). The zero-order valence-corrected chi connectivity index (χ0v) is 10.6.